The van der Waals surface area contributed by atoms with E-state index in [9.17, 15) is 4.79 Å². The number of carbonyl (C=O) groups excluding carboxylic acids is 1. The molecule has 2 rings (SSSR count). The molecule has 19 heavy (non-hydrogen) atoms. The Morgan fingerprint density at radius 2 is 2.11 bits per heavy atom. The molecular formula is C12H19N3O2S2. The van der Waals surface area contributed by atoms with Crippen LogP contribution in [-0.4, -0.2) is 50.6 Å². The van der Waals surface area contributed by atoms with Gasteiger partial charge in [0, 0.05) is 18.8 Å². The van der Waals surface area contributed by atoms with E-state index >= 15 is 0 Å². The van der Waals surface area contributed by atoms with Crippen molar-refractivity contribution in [2.45, 2.75) is 38.7 Å². The standard InChI is InChI=1S/C12H19N3O2S2/c1-8-4-15(5-9(2)17-8)12(16)7-18-6-11-10(3)13-19-14-11/h8-9H,4-7H2,1-3H3. The van der Waals surface area contributed by atoms with Gasteiger partial charge < -0.3 is 9.64 Å². The predicted octanol–water partition coefficient (Wildman–Crippen LogP) is 1.72. The Balaban J connectivity index is 1.76. The molecule has 2 heterocycles. The molecule has 0 aliphatic carbocycles. The topological polar surface area (TPSA) is 55.3 Å². The van der Waals surface area contributed by atoms with Crippen LogP contribution in [0.15, 0.2) is 0 Å². The molecule has 0 saturated carbocycles. The van der Waals surface area contributed by atoms with Crippen LogP contribution in [0.5, 0.6) is 0 Å². The Labute approximate surface area is 122 Å². The second-order valence-corrected chi connectivity index (χ2v) is 6.36. The van der Waals surface area contributed by atoms with Crippen molar-refractivity contribution in [3.63, 3.8) is 0 Å². The van der Waals surface area contributed by atoms with Crippen molar-refractivity contribution in [3.05, 3.63) is 11.4 Å². The van der Waals surface area contributed by atoms with Crippen LogP contribution >= 0.6 is 23.5 Å². The largest absolute Gasteiger partial charge is 0.372 e. The SMILES string of the molecule is Cc1nsnc1CSCC(=O)N1CC(C)OC(C)C1. The zero-order chi connectivity index (χ0) is 13.8. The van der Waals surface area contributed by atoms with Gasteiger partial charge in [-0.15, -0.1) is 11.8 Å². The first kappa shape index (κ1) is 14.7. The molecule has 1 amide bonds. The molecule has 1 aliphatic rings. The summed E-state index contributed by atoms with van der Waals surface area (Å²) in [6.45, 7) is 7.36. The van der Waals surface area contributed by atoms with Crippen molar-refractivity contribution in [3.8, 4) is 0 Å². The summed E-state index contributed by atoms with van der Waals surface area (Å²) in [6, 6.07) is 0. The van der Waals surface area contributed by atoms with Crippen LogP contribution in [0.2, 0.25) is 0 Å². The summed E-state index contributed by atoms with van der Waals surface area (Å²) >= 11 is 2.83. The molecule has 0 N–H and O–H groups in total. The lowest BCUT2D eigenvalue weighted by atomic mass is 10.2. The second kappa shape index (κ2) is 6.67. The minimum Gasteiger partial charge on any atom is -0.372 e. The minimum absolute atomic E-state index is 0.127. The Morgan fingerprint density at radius 1 is 1.42 bits per heavy atom. The number of hydrogen-bond donors (Lipinski definition) is 0. The third kappa shape index (κ3) is 4.15. The van der Waals surface area contributed by atoms with Gasteiger partial charge in [-0.1, -0.05) is 0 Å². The molecule has 2 unspecified atom stereocenters. The van der Waals surface area contributed by atoms with Crippen LogP contribution in [0.4, 0.5) is 0 Å². The molecule has 1 aliphatic heterocycles. The highest BCUT2D eigenvalue weighted by molar-refractivity contribution is 7.99. The van der Waals surface area contributed by atoms with Crippen molar-refractivity contribution in [2.75, 3.05) is 18.8 Å². The normalized spacial score (nSPS) is 23.6. The maximum Gasteiger partial charge on any atom is 0.232 e. The molecule has 1 aromatic rings. The molecule has 1 aromatic heterocycles. The number of amides is 1. The van der Waals surface area contributed by atoms with E-state index in [0.717, 1.165) is 17.1 Å². The highest BCUT2D eigenvalue weighted by atomic mass is 32.2. The van der Waals surface area contributed by atoms with Crippen molar-refractivity contribution in [2.24, 2.45) is 0 Å². The third-order valence-corrected chi connectivity index (χ3v) is 4.57. The van der Waals surface area contributed by atoms with Gasteiger partial charge in [0.15, 0.2) is 0 Å². The first-order valence-electron chi connectivity index (χ1n) is 6.35. The van der Waals surface area contributed by atoms with Crippen LogP contribution in [-0.2, 0) is 15.3 Å². The van der Waals surface area contributed by atoms with Gasteiger partial charge in [-0.3, -0.25) is 4.79 Å². The van der Waals surface area contributed by atoms with E-state index < -0.39 is 0 Å². The van der Waals surface area contributed by atoms with Gasteiger partial charge in [-0.25, -0.2) is 0 Å². The van der Waals surface area contributed by atoms with Crippen molar-refractivity contribution in [1.29, 1.82) is 0 Å². The summed E-state index contributed by atoms with van der Waals surface area (Å²) in [7, 11) is 0. The van der Waals surface area contributed by atoms with Gasteiger partial charge in [0.05, 0.1) is 41.1 Å². The average molecular weight is 301 g/mol. The Morgan fingerprint density at radius 3 is 2.68 bits per heavy atom. The lowest BCUT2D eigenvalue weighted by molar-refractivity contribution is -0.140. The fourth-order valence-corrected chi connectivity index (χ4v) is 3.66. The maximum absolute atomic E-state index is 12.1. The van der Waals surface area contributed by atoms with E-state index in [1.165, 1.54) is 11.7 Å². The van der Waals surface area contributed by atoms with Gasteiger partial charge in [0.1, 0.15) is 0 Å². The van der Waals surface area contributed by atoms with Crippen LogP contribution in [0, 0.1) is 6.92 Å². The molecule has 0 radical (unpaired) electrons. The number of hydrogen-bond acceptors (Lipinski definition) is 6. The predicted molar refractivity (Wildman–Crippen MR) is 77.4 cm³/mol. The van der Waals surface area contributed by atoms with Crippen LogP contribution < -0.4 is 0 Å². The molecule has 2 atom stereocenters. The second-order valence-electron chi connectivity index (χ2n) is 4.85. The first-order valence-corrected chi connectivity index (χ1v) is 8.23. The summed E-state index contributed by atoms with van der Waals surface area (Å²) in [5.74, 6) is 1.44. The Kier molecular flexibility index (Phi) is 5.18. The molecule has 0 bridgehead atoms. The molecule has 0 spiro atoms. The zero-order valence-electron chi connectivity index (χ0n) is 11.5. The zero-order valence-corrected chi connectivity index (χ0v) is 13.1. The number of ether oxygens (including phenoxy) is 1. The van der Waals surface area contributed by atoms with Crippen molar-refractivity contribution in [1.82, 2.24) is 13.6 Å². The van der Waals surface area contributed by atoms with Crippen LogP contribution in [0.25, 0.3) is 0 Å². The van der Waals surface area contributed by atoms with E-state index in [4.69, 9.17) is 4.74 Å². The van der Waals surface area contributed by atoms with Gasteiger partial charge in [-0.05, 0) is 20.8 Å². The lowest BCUT2D eigenvalue weighted by Crippen LogP contribution is -2.48. The summed E-state index contributed by atoms with van der Waals surface area (Å²) in [6.07, 6.45) is 0.255. The molecule has 1 fully saturated rings. The summed E-state index contributed by atoms with van der Waals surface area (Å²) in [5, 5.41) is 0. The highest BCUT2D eigenvalue weighted by Crippen LogP contribution is 2.16. The number of carbonyl (C=O) groups is 1. The van der Waals surface area contributed by atoms with Crippen LogP contribution in [0.1, 0.15) is 25.2 Å². The quantitative estimate of drug-likeness (QED) is 0.847. The summed E-state index contributed by atoms with van der Waals surface area (Å²) in [4.78, 5) is 14.0. The molecule has 106 valence electrons. The van der Waals surface area contributed by atoms with E-state index in [2.05, 4.69) is 8.75 Å². The number of morpholine rings is 1. The number of aromatic nitrogens is 2. The minimum atomic E-state index is 0.127. The smallest absolute Gasteiger partial charge is 0.232 e. The van der Waals surface area contributed by atoms with Crippen molar-refractivity contribution < 1.29 is 9.53 Å². The fraction of sp³-hybridized carbons (Fsp3) is 0.750. The summed E-state index contributed by atoms with van der Waals surface area (Å²) < 4.78 is 14.0. The monoisotopic (exact) mass is 301 g/mol. The third-order valence-electron chi connectivity index (χ3n) is 2.98. The Hall–Kier alpha value is -0.660. The van der Waals surface area contributed by atoms with Gasteiger partial charge in [-0.2, -0.15) is 8.75 Å². The molecular weight excluding hydrogens is 282 g/mol. The van der Waals surface area contributed by atoms with Crippen molar-refractivity contribution >= 4 is 29.4 Å². The van der Waals surface area contributed by atoms with Gasteiger partial charge in [0.2, 0.25) is 5.91 Å². The van der Waals surface area contributed by atoms with Gasteiger partial charge in [0.25, 0.3) is 0 Å². The molecule has 5 nitrogen and oxygen atoms in total. The van der Waals surface area contributed by atoms with E-state index in [-0.39, 0.29) is 18.1 Å². The number of nitrogens with zero attached hydrogens (tertiary/aromatic N) is 3. The number of thioether (sulfide) groups is 1. The lowest BCUT2D eigenvalue weighted by Gasteiger charge is -2.35. The van der Waals surface area contributed by atoms with E-state index in [1.807, 2.05) is 25.7 Å². The maximum atomic E-state index is 12.1. The number of rotatable bonds is 4. The summed E-state index contributed by atoms with van der Waals surface area (Å²) in [5.41, 5.74) is 1.96. The van der Waals surface area contributed by atoms with E-state index in [0.29, 0.717) is 18.8 Å². The van der Waals surface area contributed by atoms with E-state index in [1.54, 1.807) is 11.8 Å². The molecule has 7 heteroatoms. The van der Waals surface area contributed by atoms with Gasteiger partial charge >= 0.3 is 0 Å². The molecule has 1 saturated heterocycles. The highest BCUT2D eigenvalue weighted by Gasteiger charge is 2.25. The molecule has 0 aromatic carbocycles. The first-order chi connectivity index (χ1) is 9.06. The average Bonchev–Trinajstić information content (AvgIpc) is 2.74. The van der Waals surface area contributed by atoms with Crippen LogP contribution in [0.3, 0.4) is 0 Å². The number of aryl methyl sites for hydroxylation is 1. The Bertz CT molecular complexity index is 428. The fourth-order valence-electron chi connectivity index (χ4n) is 2.09.